The first kappa shape index (κ1) is 23.0. The van der Waals surface area contributed by atoms with Gasteiger partial charge in [0.25, 0.3) is 0 Å². The number of benzene rings is 3. The lowest BCUT2D eigenvalue weighted by Gasteiger charge is -2.16. The summed E-state index contributed by atoms with van der Waals surface area (Å²) >= 11 is 0. The number of rotatable bonds is 5. The molecule has 0 fully saturated rings. The van der Waals surface area contributed by atoms with Gasteiger partial charge >= 0.3 is 0 Å². The van der Waals surface area contributed by atoms with Crippen LogP contribution in [-0.2, 0) is 0 Å². The maximum atomic E-state index is 14.4. The van der Waals surface area contributed by atoms with E-state index >= 15 is 0 Å². The zero-order valence-corrected chi connectivity index (χ0v) is 15.5. The molecule has 3 nitrogen and oxygen atoms in total. The van der Waals surface area contributed by atoms with E-state index in [1.165, 1.54) is 19.2 Å². The average Bonchev–Trinajstić information content (AvgIpc) is 2.79. The Balaban J connectivity index is 2.28. The number of nitrogens with one attached hydrogen (secondary N) is 1. The van der Waals surface area contributed by atoms with Gasteiger partial charge in [-0.2, -0.15) is 0 Å². The quantitative estimate of drug-likeness (QED) is 0.220. The molecule has 0 radical (unpaired) electrons. The monoisotopic (exact) mass is 465 g/mol. The summed E-state index contributed by atoms with van der Waals surface area (Å²) < 4.78 is 130. The van der Waals surface area contributed by atoms with Gasteiger partial charge in [-0.25, -0.2) is 39.5 Å². The highest BCUT2D eigenvalue weighted by atomic mass is 19.2. The fourth-order valence-electron chi connectivity index (χ4n) is 2.71. The van der Waals surface area contributed by atoms with Crippen LogP contribution in [0.1, 0.15) is 15.9 Å². The summed E-state index contributed by atoms with van der Waals surface area (Å²) in [7, 11) is 1.30. The molecule has 0 aliphatic heterocycles. The van der Waals surface area contributed by atoms with Crippen molar-refractivity contribution < 1.29 is 49.0 Å². The van der Waals surface area contributed by atoms with Gasteiger partial charge in [-0.3, -0.25) is 4.79 Å². The minimum atomic E-state index is -2.64. The lowest BCUT2D eigenvalue weighted by atomic mass is 9.98. The number of carbonyl (C=O) groups excluding carboxylic acids is 1. The van der Waals surface area contributed by atoms with Crippen LogP contribution in [0.25, 0.3) is 0 Å². The van der Waals surface area contributed by atoms with Gasteiger partial charge < -0.3 is 10.1 Å². The Kier molecular flexibility index (Phi) is 6.06. The van der Waals surface area contributed by atoms with E-state index in [-0.39, 0.29) is 11.4 Å². The summed E-state index contributed by atoms with van der Waals surface area (Å²) in [6.45, 7) is 0. The molecule has 0 saturated heterocycles. The molecule has 0 heterocycles. The van der Waals surface area contributed by atoms with Crippen molar-refractivity contribution in [3.63, 3.8) is 0 Å². The number of halogens is 9. The van der Waals surface area contributed by atoms with Crippen LogP contribution in [0.15, 0.2) is 24.3 Å². The molecule has 0 saturated carbocycles. The molecule has 0 aliphatic rings. The summed E-state index contributed by atoms with van der Waals surface area (Å²) in [4.78, 5) is 12.6. The highest BCUT2D eigenvalue weighted by molar-refractivity contribution is 6.13. The van der Waals surface area contributed by atoms with Crippen LogP contribution in [0.3, 0.4) is 0 Å². The first-order valence-electron chi connectivity index (χ1n) is 8.34. The number of hydrogen-bond acceptors (Lipinski definition) is 3. The highest BCUT2D eigenvalue weighted by Crippen LogP contribution is 2.35. The maximum Gasteiger partial charge on any atom is 0.204 e. The third-order valence-corrected chi connectivity index (χ3v) is 4.29. The van der Waals surface area contributed by atoms with Crippen LogP contribution in [-0.4, -0.2) is 12.9 Å². The van der Waals surface area contributed by atoms with E-state index in [0.29, 0.717) is 0 Å². The average molecular weight is 465 g/mol. The van der Waals surface area contributed by atoms with Crippen molar-refractivity contribution in [3.05, 3.63) is 87.7 Å². The van der Waals surface area contributed by atoms with Gasteiger partial charge in [0.2, 0.25) is 11.6 Å². The van der Waals surface area contributed by atoms with Gasteiger partial charge in [-0.15, -0.1) is 0 Å². The number of anilines is 2. The van der Waals surface area contributed by atoms with Gasteiger partial charge in [-0.1, -0.05) is 0 Å². The molecule has 1 N–H and O–H groups in total. The van der Waals surface area contributed by atoms with Gasteiger partial charge in [0.05, 0.1) is 18.4 Å². The second-order valence-corrected chi connectivity index (χ2v) is 6.13. The first-order valence-corrected chi connectivity index (χ1v) is 8.34. The first-order chi connectivity index (χ1) is 15.0. The zero-order valence-electron chi connectivity index (χ0n) is 15.5. The van der Waals surface area contributed by atoms with E-state index in [9.17, 15) is 44.3 Å². The molecule has 0 spiro atoms. The molecule has 0 aromatic heterocycles. The Hall–Kier alpha value is -3.70. The van der Waals surface area contributed by atoms with E-state index in [4.69, 9.17) is 4.74 Å². The van der Waals surface area contributed by atoms with Crippen molar-refractivity contribution in [2.45, 2.75) is 0 Å². The normalized spacial score (nSPS) is 10.9. The predicted molar refractivity (Wildman–Crippen MR) is 92.2 cm³/mol. The van der Waals surface area contributed by atoms with Crippen molar-refractivity contribution in [3.8, 4) is 5.75 Å². The SMILES string of the molecule is COc1ccc(Nc2c(F)c(F)c(F)c(F)c2C(=O)c2c(F)c(F)c(F)c(F)c2F)cc1. The van der Waals surface area contributed by atoms with Crippen LogP contribution in [0.5, 0.6) is 5.75 Å². The minimum absolute atomic E-state index is 0.165. The number of carbonyl (C=O) groups is 1. The van der Waals surface area contributed by atoms with Crippen molar-refractivity contribution in [2.24, 2.45) is 0 Å². The highest BCUT2D eigenvalue weighted by Gasteiger charge is 2.36. The van der Waals surface area contributed by atoms with Crippen molar-refractivity contribution in [1.82, 2.24) is 0 Å². The second-order valence-electron chi connectivity index (χ2n) is 6.13. The van der Waals surface area contributed by atoms with E-state index < -0.39 is 75.0 Å². The van der Waals surface area contributed by atoms with Crippen molar-refractivity contribution in [2.75, 3.05) is 12.4 Å². The molecule has 0 atom stereocenters. The summed E-state index contributed by atoms with van der Waals surface area (Å²) in [6.07, 6.45) is 0. The molecule has 0 unspecified atom stereocenters. The molecule has 32 heavy (non-hydrogen) atoms. The fraction of sp³-hybridized carbons (Fsp3) is 0.0500. The smallest absolute Gasteiger partial charge is 0.204 e. The topological polar surface area (TPSA) is 38.3 Å². The van der Waals surface area contributed by atoms with E-state index in [2.05, 4.69) is 0 Å². The zero-order chi connectivity index (χ0) is 23.9. The van der Waals surface area contributed by atoms with Crippen molar-refractivity contribution >= 4 is 17.2 Å². The molecule has 0 bridgehead atoms. The number of methoxy groups -OCH3 is 1. The van der Waals surface area contributed by atoms with E-state index in [1.54, 1.807) is 0 Å². The molecule has 3 aromatic carbocycles. The Morgan fingerprint density at radius 2 is 1.03 bits per heavy atom. The number of hydrogen-bond donors (Lipinski definition) is 1. The lowest BCUT2D eigenvalue weighted by Crippen LogP contribution is -2.18. The third kappa shape index (κ3) is 3.61. The number of ether oxygens (including phenoxy) is 1. The largest absolute Gasteiger partial charge is 0.497 e. The Labute approximate surface area is 173 Å². The molecular weight excluding hydrogens is 457 g/mol. The van der Waals surface area contributed by atoms with Crippen LogP contribution < -0.4 is 10.1 Å². The van der Waals surface area contributed by atoms with Gasteiger partial charge in [0, 0.05) is 5.69 Å². The molecule has 3 rings (SSSR count). The molecule has 3 aromatic rings. The molecule has 0 aliphatic carbocycles. The Bertz CT molecular complexity index is 1210. The number of ketones is 1. The van der Waals surface area contributed by atoms with Crippen LogP contribution in [0.2, 0.25) is 0 Å². The second kappa shape index (κ2) is 8.44. The lowest BCUT2D eigenvalue weighted by molar-refractivity contribution is 0.102. The Morgan fingerprint density at radius 3 is 1.50 bits per heavy atom. The van der Waals surface area contributed by atoms with Crippen LogP contribution in [0.4, 0.5) is 50.9 Å². The summed E-state index contributed by atoms with van der Waals surface area (Å²) in [5.74, 6) is -24.7. The minimum Gasteiger partial charge on any atom is -0.497 e. The molecule has 12 heteroatoms. The maximum absolute atomic E-state index is 14.4. The van der Waals surface area contributed by atoms with Gasteiger partial charge in [0.15, 0.2) is 46.5 Å². The summed E-state index contributed by atoms with van der Waals surface area (Å²) in [6, 6.07) is 4.87. The van der Waals surface area contributed by atoms with Gasteiger partial charge in [0.1, 0.15) is 11.3 Å². The fourth-order valence-corrected chi connectivity index (χ4v) is 2.71. The van der Waals surface area contributed by atoms with Crippen LogP contribution in [0, 0.1) is 52.4 Å². The molecule has 168 valence electrons. The third-order valence-electron chi connectivity index (χ3n) is 4.29. The Morgan fingerprint density at radius 1 is 0.625 bits per heavy atom. The van der Waals surface area contributed by atoms with Crippen molar-refractivity contribution in [1.29, 1.82) is 0 Å². The molecular formula is C20H8F9NO2. The summed E-state index contributed by atoms with van der Waals surface area (Å²) in [5, 5.41) is 2.03. The van der Waals surface area contributed by atoms with E-state index in [0.717, 1.165) is 12.1 Å². The predicted octanol–water partition coefficient (Wildman–Crippen LogP) is 5.92. The van der Waals surface area contributed by atoms with Gasteiger partial charge in [-0.05, 0) is 24.3 Å². The standard InChI is InChI=1S/C20H8F9NO2/c1-32-7-4-2-6(3-5-7)30-19-9(12(23)15(26)17(28)18(19)29)20(31)8-10(21)13(24)16(27)14(25)11(8)22/h2-5,30H,1H3. The van der Waals surface area contributed by atoms with E-state index in [1.807, 2.05) is 5.32 Å². The molecule has 0 amide bonds. The summed E-state index contributed by atoms with van der Waals surface area (Å²) in [5.41, 5.74) is -5.63. The van der Waals surface area contributed by atoms with Crippen LogP contribution >= 0.6 is 0 Å².